The van der Waals surface area contributed by atoms with Gasteiger partial charge in [-0.3, -0.25) is 19.9 Å². The van der Waals surface area contributed by atoms with Crippen LogP contribution >= 0.6 is 15.9 Å². The predicted octanol–water partition coefficient (Wildman–Crippen LogP) is 3.62. The fraction of sp³-hybridized carbons (Fsp3) is 0.143. The summed E-state index contributed by atoms with van der Waals surface area (Å²) in [6.45, 7) is 3.44. The lowest BCUT2D eigenvalue weighted by molar-refractivity contribution is -0.385. The number of rotatable bonds is 3. The minimum absolute atomic E-state index is 0.0248. The summed E-state index contributed by atoms with van der Waals surface area (Å²) in [6.07, 6.45) is 3.00. The first-order chi connectivity index (χ1) is 9.88. The van der Waals surface area contributed by atoms with Crippen molar-refractivity contribution in [3.63, 3.8) is 0 Å². The number of hydrogen-bond donors (Lipinski definition) is 1. The summed E-state index contributed by atoms with van der Waals surface area (Å²) in [4.78, 5) is 26.6. The number of nitro groups is 1. The van der Waals surface area contributed by atoms with E-state index in [1.807, 2.05) is 0 Å². The van der Waals surface area contributed by atoms with E-state index in [-0.39, 0.29) is 11.6 Å². The smallest absolute Gasteiger partial charge is 0.274 e. The molecule has 0 bridgehead atoms. The van der Waals surface area contributed by atoms with Crippen LogP contribution in [0.1, 0.15) is 21.5 Å². The van der Waals surface area contributed by atoms with Gasteiger partial charge in [0.1, 0.15) is 0 Å². The van der Waals surface area contributed by atoms with E-state index < -0.39 is 4.92 Å². The standard InChI is InChI=1S/C14H12BrN3O3/c1-8-3-9(2)13(18(20)21)5-12(8)17-14(19)10-4-11(15)7-16-6-10/h3-7H,1-2H3,(H,17,19). The molecule has 0 spiro atoms. The monoisotopic (exact) mass is 349 g/mol. The van der Waals surface area contributed by atoms with Crippen LogP contribution in [-0.2, 0) is 0 Å². The molecule has 1 heterocycles. The maximum atomic E-state index is 12.1. The topological polar surface area (TPSA) is 85.1 Å². The zero-order valence-corrected chi connectivity index (χ0v) is 13.0. The summed E-state index contributed by atoms with van der Waals surface area (Å²) in [7, 11) is 0. The van der Waals surface area contributed by atoms with Gasteiger partial charge in [0, 0.05) is 28.5 Å². The Balaban J connectivity index is 2.33. The highest BCUT2D eigenvalue weighted by Gasteiger charge is 2.16. The van der Waals surface area contributed by atoms with Gasteiger partial charge in [-0.05, 0) is 47.5 Å². The van der Waals surface area contributed by atoms with Crippen LogP contribution in [0, 0.1) is 24.0 Å². The Morgan fingerprint density at radius 3 is 2.57 bits per heavy atom. The predicted molar refractivity (Wildman–Crippen MR) is 82.5 cm³/mol. The van der Waals surface area contributed by atoms with Gasteiger partial charge in [-0.1, -0.05) is 0 Å². The zero-order valence-electron chi connectivity index (χ0n) is 11.4. The van der Waals surface area contributed by atoms with Gasteiger partial charge < -0.3 is 5.32 Å². The molecule has 0 aliphatic rings. The van der Waals surface area contributed by atoms with Gasteiger partial charge in [0.2, 0.25) is 0 Å². The average molecular weight is 350 g/mol. The zero-order chi connectivity index (χ0) is 15.6. The minimum Gasteiger partial charge on any atom is -0.321 e. The molecule has 1 amide bonds. The third-order valence-electron chi connectivity index (χ3n) is 2.95. The molecule has 21 heavy (non-hydrogen) atoms. The van der Waals surface area contributed by atoms with Crippen molar-refractivity contribution < 1.29 is 9.72 Å². The number of nitro benzene ring substituents is 1. The first-order valence-electron chi connectivity index (χ1n) is 6.06. The molecule has 0 radical (unpaired) electrons. The molecule has 0 aliphatic heterocycles. The maximum Gasteiger partial charge on any atom is 0.274 e. The number of pyridine rings is 1. The Labute approximate surface area is 129 Å². The largest absolute Gasteiger partial charge is 0.321 e. The van der Waals surface area contributed by atoms with Crippen LogP contribution in [0.25, 0.3) is 0 Å². The Hall–Kier alpha value is -2.28. The number of anilines is 1. The van der Waals surface area contributed by atoms with Crippen molar-refractivity contribution in [1.29, 1.82) is 0 Å². The van der Waals surface area contributed by atoms with E-state index in [9.17, 15) is 14.9 Å². The number of nitrogens with zero attached hydrogens (tertiary/aromatic N) is 2. The fourth-order valence-corrected chi connectivity index (χ4v) is 2.27. The SMILES string of the molecule is Cc1cc(C)c([N+](=O)[O-])cc1NC(=O)c1cncc(Br)c1. The highest BCUT2D eigenvalue weighted by Crippen LogP contribution is 2.26. The van der Waals surface area contributed by atoms with Gasteiger partial charge in [0.15, 0.2) is 0 Å². The number of carbonyl (C=O) groups excluding carboxylic acids is 1. The lowest BCUT2D eigenvalue weighted by Gasteiger charge is -2.09. The van der Waals surface area contributed by atoms with Crippen molar-refractivity contribution in [2.45, 2.75) is 13.8 Å². The summed E-state index contributed by atoms with van der Waals surface area (Å²) in [5.74, 6) is -0.370. The third-order valence-corrected chi connectivity index (χ3v) is 3.39. The van der Waals surface area contributed by atoms with Crippen molar-refractivity contribution in [3.05, 3.63) is 61.9 Å². The van der Waals surface area contributed by atoms with E-state index in [1.165, 1.54) is 12.3 Å². The molecule has 1 N–H and O–H groups in total. The average Bonchev–Trinajstić information content (AvgIpc) is 2.41. The van der Waals surface area contributed by atoms with Gasteiger partial charge in [0.25, 0.3) is 11.6 Å². The Morgan fingerprint density at radius 1 is 1.24 bits per heavy atom. The molecule has 0 saturated heterocycles. The minimum atomic E-state index is -0.467. The summed E-state index contributed by atoms with van der Waals surface area (Å²) >= 11 is 3.24. The molecule has 0 fully saturated rings. The first kappa shape index (κ1) is 15.1. The summed E-state index contributed by atoms with van der Waals surface area (Å²) < 4.78 is 0.682. The van der Waals surface area contributed by atoms with E-state index in [4.69, 9.17) is 0 Å². The normalized spacial score (nSPS) is 10.2. The van der Waals surface area contributed by atoms with Crippen molar-refractivity contribution in [1.82, 2.24) is 4.98 Å². The number of nitrogens with one attached hydrogen (secondary N) is 1. The van der Waals surface area contributed by atoms with Crippen LogP contribution in [0.15, 0.2) is 35.1 Å². The van der Waals surface area contributed by atoms with E-state index in [2.05, 4.69) is 26.2 Å². The molecule has 7 heteroatoms. The summed E-state index contributed by atoms with van der Waals surface area (Å²) in [5, 5.41) is 13.6. The van der Waals surface area contributed by atoms with Crippen LogP contribution in [0.4, 0.5) is 11.4 Å². The highest BCUT2D eigenvalue weighted by atomic mass is 79.9. The molecule has 0 aliphatic carbocycles. The number of hydrogen-bond acceptors (Lipinski definition) is 4. The second kappa shape index (κ2) is 6.01. The first-order valence-corrected chi connectivity index (χ1v) is 6.85. The Kier molecular flexibility index (Phi) is 4.32. The number of halogens is 1. The van der Waals surface area contributed by atoms with Gasteiger partial charge in [-0.2, -0.15) is 0 Å². The van der Waals surface area contributed by atoms with E-state index in [0.29, 0.717) is 21.3 Å². The van der Waals surface area contributed by atoms with E-state index in [0.717, 1.165) is 5.56 Å². The van der Waals surface area contributed by atoms with Crippen LogP contribution in [0.3, 0.4) is 0 Å². The number of amides is 1. The second-order valence-corrected chi connectivity index (χ2v) is 5.47. The van der Waals surface area contributed by atoms with Crippen molar-refractivity contribution in [2.75, 3.05) is 5.32 Å². The van der Waals surface area contributed by atoms with Gasteiger partial charge in [-0.15, -0.1) is 0 Å². The lowest BCUT2D eigenvalue weighted by atomic mass is 10.1. The third kappa shape index (κ3) is 3.43. The van der Waals surface area contributed by atoms with Crippen molar-refractivity contribution in [2.24, 2.45) is 0 Å². The molecule has 6 nitrogen and oxygen atoms in total. The van der Waals surface area contributed by atoms with Crippen molar-refractivity contribution in [3.8, 4) is 0 Å². The van der Waals surface area contributed by atoms with Crippen LogP contribution in [0.2, 0.25) is 0 Å². The molecule has 1 aromatic heterocycles. The second-order valence-electron chi connectivity index (χ2n) is 4.56. The van der Waals surface area contributed by atoms with E-state index >= 15 is 0 Å². The number of carbonyl (C=O) groups is 1. The fourth-order valence-electron chi connectivity index (χ4n) is 1.90. The van der Waals surface area contributed by atoms with E-state index in [1.54, 1.807) is 32.2 Å². The summed E-state index contributed by atoms with van der Waals surface area (Å²) in [6, 6.07) is 4.67. The van der Waals surface area contributed by atoms with Crippen LogP contribution < -0.4 is 5.32 Å². The molecule has 2 rings (SSSR count). The molecular formula is C14H12BrN3O3. The van der Waals surface area contributed by atoms with Gasteiger partial charge in [0.05, 0.1) is 16.2 Å². The molecule has 1 aromatic carbocycles. The van der Waals surface area contributed by atoms with Crippen LogP contribution in [0.5, 0.6) is 0 Å². The number of aromatic nitrogens is 1. The lowest BCUT2D eigenvalue weighted by Crippen LogP contribution is -2.13. The quantitative estimate of drug-likeness (QED) is 0.677. The number of aryl methyl sites for hydroxylation is 2. The maximum absolute atomic E-state index is 12.1. The Morgan fingerprint density at radius 2 is 1.95 bits per heavy atom. The molecule has 0 unspecified atom stereocenters. The van der Waals surface area contributed by atoms with Gasteiger partial charge in [-0.25, -0.2) is 0 Å². The van der Waals surface area contributed by atoms with Crippen LogP contribution in [-0.4, -0.2) is 15.8 Å². The molecule has 0 atom stereocenters. The molecule has 0 saturated carbocycles. The van der Waals surface area contributed by atoms with Gasteiger partial charge >= 0.3 is 0 Å². The molecular weight excluding hydrogens is 338 g/mol. The highest BCUT2D eigenvalue weighted by molar-refractivity contribution is 9.10. The summed E-state index contributed by atoms with van der Waals surface area (Å²) in [5.41, 5.74) is 2.07. The Bertz CT molecular complexity index is 731. The van der Waals surface area contributed by atoms with Crippen molar-refractivity contribution >= 4 is 33.2 Å². The molecule has 2 aromatic rings. The molecule has 108 valence electrons. The number of benzene rings is 1.